The van der Waals surface area contributed by atoms with E-state index in [1.54, 1.807) is 0 Å². The van der Waals surface area contributed by atoms with E-state index >= 15 is 0 Å². The first-order valence-corrected chi connectivity index (χ1v) is 13.7. The minimum Gasteiger partial charge on any atom is -0.490 e. The number of likely N-dealkylation sites (N-methyl/N-ethyl adjacent to an activating group) is 1. The van der Waals surface area contributed by atoms with Crippen LogP contribution in [0, 0.1) is 0 Å². The predicted octanol–water partition coefficient (Wildman–Crippen LogP) is 3.87. The number of quaternary nitrogens is 1. The number of carbonyl (C=O) groups is 1. The molecule has 0 saturated carbocycles. The smallest absolute Gasteiger partial charge is 0.278 e. The van der Waals surface area contributed by atoms with Crippen LogP contribution >= 0.6 is 0 Å². The van der Waals surface area contributed by atoms with Gasteiger partial charge in [-0.3, -0.25) is 4.79 Å². The Morgan fingerprint density at radius 2 is 1.46 bits per heavy atom. The molecule has 1 aliphatic heterocycles. The zero-order chi connectivity index (χ0) is 26.9. The molecule has 204 valence electrons. The molecule has 7 heteroatoms. The molecule has 1 N–H and O–H groups in total. The Hall–Kier alpha value is -2.93. The summed E-state index contributed by atoms with van der Waals surface area (Å²) in [7, 11) is 2.08. The van der Waals surface area contributed by atoms with Crippen molar-refractivity contribution < 1.29 is 28.6 Å². The summed E-state index contributed by atoms with van der Waals surface area (Å²) in [5, 5.41) is 0. The van der Waals surface area contributed by atoms with Gasteiger partial charge in [0.1, 0.15) is 0 Å². The number of hydrogen-bond donors (Lipinski definition) is 1. The summed E-state index contributed by atoms with van der Waals surface area (Å²) in [6.45, 7) is 15.6. The molecule has 0 spiro atoms. The summed E-state index contributed by atoms with van der Waals surface area (Å²) in [5.74, 6) is 3.15. The highest BCUT2D eigenvalue weighted by Gasteiger charge is 2.34. The molecule has 2 atom stereocenters. The lowest BCUT2D eigenvalue weighted by molar-refractivity contribution is -0.894. The first-order valence-electron chi connectivity index (χ1n) is 13.7. The first kappa shape index (κ1) is 28.6. The number of nitrogens with zero attached hydrogens (tertiary/aromatic N) is 1. The molecule has 7 nitrogen and oxygen atoms in total. The van der Waals surface area contributed by atoms with Crippen molar-refractivity contribution in [1.29, 1.82) is 0 Å². The van der Waals surface area contributed by atoms with Crippen LogP contribution in [0.4, 0.5) is 0 Å². The van der Waals surface area contributed by atoms with Crippen molar-refractivity contribution >= 4 is 5.91 Å². The van der Waals surface area contributed by atoms with Gasteiger partial charge in [0.15, 0.2) is 29.5 Å². The van der Waals surface area contributed by atoms with Gasteiger partial charge < -0.3 is 28.7 Å². The topological polar surface area (TPSA) is 61.7 Å². The molecule has 1 heterocycles. The highest BCUT2D eigenvalue weighted by atomic mass is 16.5. The lowest BCUT2D eigenvalue weighted by Crippen LogP contribution is -3.13. The molecule has 0 fully saturated rings. The van der Waals surface area contributed by atoms with Crippen LogP contribution in [0.1, 0.15) is 64.3 Å². The molecule has 0 aliphatic carbocycles. The third-order valence-electron chi connectivity index (χ3n) is 6.94. The largest absolute Gasteiger partial charge is 0.490 e. The van der Waals surface area contributed by atoms with E-state index in [0.29, 0.717) is 52.0 Å². The highest BCUT2D eigenvalue weighted by Crippen LogP contribution is 2.40. The van der Waals surface area contributed by atoms with Gasteiger partial charge in [0, 0.05) is 6.54 Å². The normalized spacial score (nSPS) is 15.8. The van der Waals surface area contributed by atoms with Gasteiger partial charge in [-0.25, -0.2) is 0 Å². The molecular formula is C30H45N2O5+. The molecule has 2 aromatic carbocycles. The average molecular weight is 514 g/mol. The van der Waals surface area contributed by atoms with E-state index in [4.69, 9.17) is 18.9 Å². The van der Waals surface area contributed by atoms with Crippen LogP contribution in [-0.2, 0) is 17.6 Å². The number of hydrogen-bond acceptors (Lipinski definition) is 5. The Kier molecular flexibility index (Phi) is 10.5. The van der Waals surface area contributed by atoms with E-state index in [0.717, 1.165) is 40.5 Å². The van der Waals surface area contributed by atoms with Crippen molar-refractivity contribution in [2.75, 3.05) is 46.6 Å². The molecule has 0 bridgehead atoms. The second kappa shape index (κ2) is 13.6. The Morgan fingerprint density at radius 1 is 0.892 bits per heavy atom. The van der Waals surface area contributed by atoms with Crippen LogP contribution in [-0.4, -0.2) is 63.4 Å². The lowest BCUT2D eigenvalue weighted by Gasteiger charge is -2.38. The number of amides is 1. The van der Waals surface area contributed by atoms with E-state index in [9.17, 15) is 4.79 Å². The molecule has 3 rings (SSSR count). The van der Waals surface area contributed by atoms with Crippen LogP contribution in [0.3, 0.4) is 0 Å². The van der Waals surface area contributed by atoms with Crippen molar-refractivity contribution in [3.05, 3.63) is 47.0 Å². The van der Waals surface area contributed by atoms with Crippen molar-refractivity contribution in [1.82, 2.24) is 4.90 Å². The number of rotatable bonds is 13. The second-order valence-corrected chi connectivity index (χ2v) is 9.75. The summed E-state index contributed by atoms with van der Waals surface area (Å²) in [5.41, 5.74) is 3.43. The number of ether oxygens (including phenoxy) is 4. The lowest BCUT2D eigenvalue weighted by atomic mass is 9.88. The highest BCUT2D eigenvalue weighted by molar-refractivity contribution is 5.78. The maximum Gasteiger partial charge on any atom is 0.278 e. The van der Waals surface area contributed by atoms with E-state index < -0.39 is 0 Å². The van der Waals surface area contributed by atoms with Crippen LogP contribution in [0.5, 0.6) is 23.0 Å². The molecule has 0 aromatic heterocycles. The number of fused-ring (bicyclic) bond motifs is 1. The maximum atomic E-state index is 13.6. The third kappa shape index (κ3) is 7.10. The standard InChI is InChI=1S/C30H44N2O5/c1-8-34-26-13-12-22(17-27(26)35-9-2)16-25-24-19-29(37-11-4)28(36-10-3)18-23(24)14-15-32(25)30(33)20-31(7)21(5)6/h12-13,17-19,21,25H,8-11,14-16,20H2,1-7H3/p+1. The molecule has 37 heavy (non-hydrogen) atoms. The van der Waals surface area contributed by atoms with Crippen molar-refractivity contribution in [2.24, 2.45) is 0 Å². The molecule has 1 aliphatic rings. The molecule has 2 aromatic rings. The number of benzene rings is 2. The minimum atomic E-state index is -0.112. The minimum absolute atomic E-state index is 0.112. The fraction of sp³-hybridized carbons (Fsp3) is 0.567. The Balaban J connectivity index is 2.04. The third-order valence-corrected chi connectivity index (χ3v) is 6.94. The van der Waals surface area contributed by atoms with E-state index in [2.05, 4.69) is 50.1 Å². The summed E-state index contributed by atoms with van der Waals surface area (Å²) >= 11 is 0. The summed E-state index contributed by atoms with van der Waals surface area (Å²) in [6, 6.07) is 10.6. The van der Waals surface area contributed by atoms with Gasteiger partial charge in [-0.2, -0.15) is 0 Å². The van der Waals surface area contributed by atoms with E-state index in [1.165, 1.54) is 10.5 Å². The Labute approximate surface area is 222 Å². The summed E-state index contributed by atoms with van der Waals surface area (Å²) < 4.78 is 23.5. The van der Waals surface area contributed by atoms with Gasteiger partial charge in [-0.15, -0.1) is 0 Å². The summed E-state index contributed by atoms with van der Waals surface area (Å²) in [6.07, 6.45) is 1.46. The van der Waals surface area contributed by atoms with Gasteiger partial charge in [0.25, 0.3) is 5.91 Å². The molecule has 2 unspecified atom stereocenters. The van der Waals surface area contributed by atoms with Crippen molar-refractivity contribution in [2.45, 2.75) is 66.5 Å². The fourth-order valence-corrected chi connectivity index (χ4v) is 4.75. The second-order valence-electron chi connectivity index (χ2n) is 9.75. The van der Waals surface area contributed by atoms with Crippen molar-refractivity contribution in [3.63, 3.8) is 0 Å². The average Bonchev–Trinajstić information content (AvgIpc) is 2.86. The van der Waals surface area contributed by atoms with Crippen LogP contribution in [0.25, 0.3) is 0 Å². The van der Waals surface area contributed by atoms with Gasteiger partial charge in [-0.1, -0.05) is 6.07 Å². The fourth-order valence-electron chi connectivity index (χ4n) is 4.75. The molecule has 0 radical (unpaired) electrons. The van der Waals surface area contributed by atoms with Gasteiger partial charge >= 0.3 is 0 Å². The monoisotopic (exact) mass is 513 g/mol. The predicted molar refractivity (Wildman–Crippen MR) is 146 cm³/mol. The maximum absolute atomic E-state index is 13.6. The van der Waals surface area contributed by atoms with Crippen LogP contribution in [0.2, 0.25) is 0 Å². The van der Waals surface area contributed by atoms with Gasteiger partial charge in [0.05, 0.1) is 45.6 Å². The summed E-state index contributed by atoms with van der Waals surface area (Å²) in [4.78, 5) is 16.9. The zero-order valence-electron chi connectivity index (χ0n) is 23.7. The number of carbonyl (C=O) groups excluding carboxylic acids is 1. The SMILES string of the molecule is CCOc1ccc(CC2c3cc(OCC)c(OCC)cc3CCN2C(=O)C[NH+](C)C(C)C)cc1OCC. The quantitative estimate of drug-likeness (QED) is 0.441. The van der Waals surface area contributed by atoms with Gasteiger partial charge in [0.2, 0.25) is 0 Å². The molecule has 0 saturated heterocycles. The Bertz CT molecular complexity index is 1040. The number of nitrogens with one attached hydrogen (secondary N) is 1. The van der Waals surface area contributed by atoms with Crippen LogP contribution < -0.4 is 23.8 Å². The van der Waals surface area contributed by atoms with E-state index in [-0.39, 0.29) is 11.9 Å². The van der Waals surface area contributed by atoms with Gasteiger partial charge in [-0.05, 0) is 95.3 Å². The van der Waals surface area contributed by atoms with Crippen molar-refractivity contribution in [3.8, 4) is 23.0 Å². The van der Waals surface area contributed by atoms with E-state index in [1.807, 2.05) is 33.8 Å². The molecular weight excluding hydrogens is 468 g/mol. The van der Waals surface area contributed by atoms with Crippen LogP contribution in [0.15, 0.2) is 30.3 Å². The molecule has 1 amide bonds. The first-order chi connectivity index (χ1) is 17.8. The zero-order valence-corrected chi connectivity index (χ0v) is 23.7. The Morgan fingerprint density at radius 3 is 2.05 bits per heavy atom.